The molecule has 12 heteroatoms. The third kappa shape index (κ3) is 6.89. The van der Waals surface area contributed by atoms with E-state index in [0.717, 1.165) is 35.6 Å². The van der Waals surface area contributed by atoms with E-state index in [2.05, 4.69) is 21.1 Å². The van der Waals surface area contributed by atoms with Crippen LogP contribution in [0, 0.1) is 33.2 Å². The van der Waals surface area contributed by atoms with E-state index in [1.54, 1.807) is 36.7 Å². The average molecular weight is 618 g/mol. The van der Waals surface area contributed by atoms with Crippen LogP contribution in [0.1, 0.15) is 24.0 Å². The fourth-order valence-electron chi connectivity index (χ4n) is 5.41. The summed E-state index contributed by atoms with van der Waals surface area (Å²) in [6.07, 6.45) is 4.83. The van der Waals surface area contributed by atoms with Crippen LogP contribution in [0.3, 0.4) is 0 Å². The molecule has 2 aromatic heterocycles. The molecule has 0 bridgehead atoms. The van der Waals surface area contributed by atoms with Crippen LogP contribution in [0.2, 0.25) is 0 Å². The Morgan fingerprint density at radius 1 is 0.978 bits per heavy atom. The lowest BCUT2D eigenvalue weighted by atomic mass is 9.97. The minimum atomic E-state index is -0.605. The highest BCUT2D eigenvalue weighted by Gasteiger charge is 2.23. The molecule has 0 radical (unpaired) electrons. The van der Waals surface area contributed by atoms with Crippen molar-refractivity contribution in [3.8, 4) is 34.5 Å². The molecule has 1 aliphatic heterocycles. The summed E-state index contributed by atoms with van der Waals surface area (Å²) in [4.78, 5) is 33.8. The molecule has 0 saturated carbocycles. The molecule has 230 valence electrons. The van der Waals surface area contributed by atoms with Crippen molar-refractivity contribution in [2.75, 3.05) is 24.6 Å². The molecule has 3 aromatic carbocycles. The van der Waals surface area contributed by atoms with Crippen molar-refractivity contribution in [2.45, 2.75) is 19.4 Å². The zero-order chi connectivity index (χ0) is 32.0. The highest BCUT2D eigenvalue weighted by atomic mass is 19.1. The van der Waals surface area contributed by atoms with E-state index < -0.39 is 10.7 Å². The van der Waals surface area contributed by atoms with Crippen LogP contribution < -0.4 is 15.2 Å². The topological polar surface area (TPSA) is 140 Å². The van der Waals surface area contributed by atoms with E-state index in [-0.39, 0.29) is 23.7 Å². The highest BCUT2D eigenvalue weighted by Crippen LogP contribution is 2.29. The van der Waals surface area contributed by atoms with Crippen LogP contribution in [-0.4, -0.2) is 44.4 Å². The Morgan fingerprint density at radius 3 is 2.48 bits per heavy atom. The number of rotatable bonds is 9. The number of nitro benzene ring substituents is 1. The molecule has 0 N–H and O–H groups in total. The number of halogens is 1. The lowest BCUT2D eigenvalue weighted by Gasteiger charge is -2.33. The quantitative estimate of drug-likeness (QED) is 0.152. The predicted molar refractivity (Wildman–Crippen MR) is 169 cm³/mol. The largest absolute Gasteiger partial charge is 0.490 e. The lowest BCUT2D eigenvalue weighted by molar-refractivity contribution is -0.385. The Bertz CT molecular complexity index is 1980. The van der Waals surface area contributed by atoms with Gasteiger partial charge in [-0.15, -0.1) is 0 Å². The number of anilines is 1. The number of hydrogen-bond acceptors (Lipinski definition) is 9. The number of nitriles is 1. The molecular formula is C34H28FN7O4. The van der Waals surface area contributed by atoms with Crippen molar-refractivity contribution in [3.05, 3.63) is 129 Å². The summed E-state index contributed by atoms with van der Waals surface area (Å²) < 4.78 is 21.8. The second-order valence-corrected chi connectivity index (χ2v) is 11.0. The van der Waals surface area contributed by atoms with Crippen molar-refractivity contribution in [1.82, 2.24) is 19.7 Å². The van der Waals surface area contributed by atoms with Crippen LogP contribution in [0.25, 0.3) is 22.6 Å². The van der Waals surface area contributed by atoms with E-state index in [0.29, 0.717) is 48.2 Å². The molecule has 0 aliphatic carbocycles. The summed E-state index contributed by atoms with van der Waals surface area (Å²) in [5.74, 6) is 0.719. The van der Waals surface area contributed by atoms with Crippen molar-refractivity contribution >= 4 is 11.4 Å². The van der Waals surface area contributed by atoms with Gasteiger partial charge in [0.15, 0.2) is 17.4 Å². The smallest absolute Gasteiger partial charge is 0.272 e. The number of nitro groups is 1. The van der Waals surface area contributed by atoms with Gasteiger partial charge in [-0.1, -0.05) is 30.3 Å². The molecule has 1 aliphatic rings. The van der Waals surface area contributed by atoms with Gasteiger partial charge in [0.05, 0.1) is 59.5 Å². The van der Waals surface area contributed by atoms with E-state index in [1.807, 2.05) is 35.2 Å². The van der Waals surface area contributed by atoms with Crippen LogP contribution in [0.15, 0.2) is 96.1 Å². The first-order valence-corrected chi connectivity index (χ1v) is 14.7. The van der Waals surface area contributed by atoms with Gasteiger partial charge >= 0.3 is 0 Å². The minimum Gasteiger partial charge on any atom is -0.490 e. The molecule has 46 heavy (non-hydrogen) atoms. The first-order chi connectivity index (χ1) is 22.4. The summed E-state index contributed by atoms with van der Waals surface area (Å²) in [5.41, 5.74) is 3.35. The number of piperidine rings is 1. The summed E-state index contributed by atoms with van der Waals surface area (Å²) in [7, 11) is 0. The number of hydrogen-bond donors (Lipinski definition) is 0. The number of aromatic nitrogens is 4. The maximum absolute atomic E-state index is 14.4. The maximum Gasteiger partial charge on any atom is 0.272 e. The Hall–Kier alpha value is -5.96. The van der Waals surface area contributed by atoms with Gasteiger partial charge in [0.1, 0.15) is 0 Å². The van der Waals surface area contributed by atoms with Crippen molar-refractivity contribution in [2.24, 2.45) is 5.92 Å². The molecule has 5 aromatic rings. The second-order valence-electron chi connectivity index (χ2n) is 11.0. The van der Waals surface area contributed by atoms with E-state index in [9.17, 15) is 24.6 Å². The lowest BCUT2D eigenvalue weighted by Crippen LogP contribution is -2.36. The fraction of sp³-hybridized carbons (Fsp3) is 0.206. The van der Waals surface area contributed by atoms with Gasteiger partial charge in [-0.2, -0.15) is 10.4 Å². The van der Waals surface area contributed by atoms with E-state index in [4.69, 9.17) is 4.74 Å². The molecule has 0 atom stereocenters. The highest BCUT2D eigenvalue weighted by molar-refractivity contribution is 5.61. The Labute approximate surface area is 263 Å². The zero-order valence-corrected chi connectivity index (χ0v) is 24.6. The monoisotopic (exact) mass is 617 g/mol. The number of nitrogens with zero attached hydrogens (tertiary/aromatic N) is 7. The summed E-state index contributed by atoms with van der Waals surface area (Å²) >= 11 is 0. The van der Waals surface area contributed by atoms with Crippen molar-refractivity contribution < 1.29 is 14.1 Å². The van der Waals surface area contributed by atoms with Crippen LogP contribution in [0.4, 0.5) is 15.8 Å². The van der Waals surface area contributed by atoms with Crippen molar-refractivity contribution in [1.29, 1.82) is 5.26 Å². The first kappa shape index (κ1) is 30.1. The van der Waals surface area contributed by atoms with Crippen LogP contribution in [0.5, 0.6) is 5.75 Å². The first-order valence-electron chi connectivity index (χ1n) is 14.7. The zero-order valence-electron chi connectivity index (χ0n) is 24.6. The summed E-state index contributed by atoms with van der Waals surface area (Å²) in [5, 5.41) is 24.6. The molecule has 6 rings (SSSR count). The van der Waals surface area contributed by atoms with Gasteiger partial charge in [-0.3, -0.25) is 14.9 Å². The standard InChI is InChI=1S/C34H28FN7O4/c35-30-17-28(42(44)45)7-9-32(30)40-13-11-23(12-14-40)22-46-29-19-37-34(38-20-29)27-6-2-4-25(16-27)21-41-33(43)10-8-31(39-41)26-5-1-3-24(15-26)18-36/h1-10,15-17,19-20,23H,11-14,21-22H2. The molecule has 1 saturated heterocycles. The molecule has 1 fully saturated rings. The molecule has 11 nitrogen and oxygen atoms in total. The number of non-ortho nitro benzene ring substituents is 1. The third-order valence-electron chi connectivity index (χ3n) is 7.88. The molecule has 0 amide bonds. The SMILES string of the molecule is N#Cc1cccc(-c2ccc(=O)n(Cc3cccc(-c4ncc(OCC5CCN(c6ccc([N+](=O)[O-])cc6F)CC5)cn4)c3)n2)c1. The van der Waals surface area contributed by atoms with Crippen LogP contribution in [-0.2, 0) is 6.54 Å². The number of ether oxygens (including phenoxy) is 1. The Kier molecular flexibility index (Phi) is 8.73. The van der Waals surface area contributed by atoms with Gasteiger partial charge in [0.2, 0.25) is 0 Å². The van der Waals surface area contributed by atoms with Gasteiger partial charge in [0, 0.05) is 36.3 Å². The number of benzene rings is 3. The Morgan fingerprint density at radius 2 is 1.74 bits per heavy atom. The fourth-order valence-corrected chi connectivity index (χ4v) is 5.41. The van der Waals surface area contributed by atoms with Gasteiger partial charge in [-0.05, 0) is 54.7 Å². The van der Waals surface area contributed by atoms with Crippen molar-refractivity contribution in [3.63, 3.8) is 0 Å². The van der Waals surface area contributed by atoms with E-state index >= 15 is 0 Å². The van der Waals surface area contributed by atoms with Gasteiger partial charge in [0.25, 0.3) is 11.2 Å². The average Bonchev–Trinajstić information content (AvgIpc) is 3.09. The predicted octanol–water partition coefficient (Wildman–Crippen LogP) is 5.63. The second kappa shape index (κ2) is 13.4. The minimum absolute atomic E-state index is 0.243. The molecule has 3 heterocycles. The van der Waals surface area contributed by atoms with Gasteiger partial charge in [-0.25, -0.2) is 19.0 Å². The Balaban J connectivity index is 1.05. The molecule has 0 spiro atoms. The molecule has 0 unspecified atom stereocenters. The van der Waals surface area contributed by atoms with Gasteiger partial charge < -0.3 is 9.64 Å². The third-order valence-corrected chi connectivity index (χ3v) is 7.88. The maximum atomic E-state index is 14.4. The normalized spacial score (nSPS) is 13.3. The van der Waals surface area contributed by atoms with E-state index in [1.165, 1.54) is 22.9 Å². The molecular weight excluding hydrogens is 589 g/mol. The summed E-state index contributed by atoms with van der Waals surface area (Å²) in [6.45, 7) is 1.95. The van der Waals surface area contributed by atoms with Crippen LogP contribution >= 0.6 is 0 Å². The summed E-state index contributed by atoms with van der Waals surface area (Å²) in [6, 6.07) is 23.6.